The second-order valence-electron chi connectivity index (χ2n) is 4.57. The Morgan fingerprint density at radius 1 is 1.14 bits per heavy atom. The maximum absolute atomic E-state index is 12.8. The third kappa shape index (κ3) is 3.20. The Hall–Kier alpha value is -2.82. The Morgan fingerprint density at radius 3 is 2.76 bits per heavy atom. The molecule has 0 saturated carbocycles. The number of halogens is 1. The third-order valence-corrected chi connectivity index (χ3v) is 3.02. The number of rotatable bonds is 4. The van der Waals surface area contributed by atoms with E-state index in [1.807, 2.05) is 24.4 Å². The zero-order valence-corrected chi connectivity index (χ0v) is 11.1. The quantitative estimate of drug-likeness (QED) is 0.772. The Labute approximate surface area is 120 Å². The summed E-state index contributed by atoms with van der Waals surface area (Å²) in [5, 5.41) is 3.65. The van der Waals surface area contributed by atoms with E-state index in [1.54, 1.807) is 6.07 Å². The number of anilines is 1. The highest BCUT2D eigenvalue weighted by molar-refractivity contribution is 5.91. The van der Waals surface area contributed by atoms with Crippen molar-refractivity contribution in [3.05, 3.63) is 60.5 Å². The van der Waals surface area contributed by atoms with Gasteiger partial charge in [0.25, 0.3) is 5.91 Å². The van der Waals surface area contributed by atoms with Crippen LogP contribution in [0.25, 0.3) is 10.9 Å². The largest absolute Gasteiger partial charge is 0.484 e. The molecular formula is C16H13FN2O2. The minimum Gasteiger partial charge on any atom is -0.484 e. The zero-order chi connectivity index (χ0) is 14.7. The molecule has 0 saturated heterocycles. The molecule has 2 aromatic carbocycles. The lowest BCUT2D eigenvalue weighted by molar-refractivity contribution is -0.118. The Bertz CT molecular complexity index is 765. The van der Waals surface area contributed by atoms with Crippen molar-refractivity contribution in [1.82, 2.24) is 4.98 Å². The van der Waals surface area contributed by atoms with Crippen LogP contribution in [0.4, 0.5) is 10.1 Å². The van der Waals surface area contributed by atoms with Crippen LogP contribution in [0, 0.1) is 5.82 Å². The number of carbonyl (C=O) groups excluding carboxylic acids is 1. The second kappa shape index (κ2) is 5.66. The van der Waals surface area contributed by atoms with Crippen molar-refractivity contribution < 1.29 is 13.9 Å². The van der Waals surface area contributed by atoms with Crippen LogP contribution in [-0.4, -0.2) is 17.5 Å². The van der Waals surface area contributed by atoms with Gasteiger partial charge in [0.1, 0.15) is 11.6 Å². The number of aromatic nitrogens is 1. The number of nitrogens with one attached hydrogen (secondary N) is 2. The van der Waals surface area contributed by atoms with E-state index < -0.39 is 0 Å². The average molecular weight is 284 g/mol. The first-order valence-electron chi connectivity index (χ1n) is 6.46. The second-order valence-corrected chi connectivity index (χ2v) is 4.57. The van der Waals surface area contributed by atoms with Gasteiger partial charge in [-0.25, -0.2) is 4.39 Å². The molecule has 0 bridgehead atoms. The summed E-state index contributed by atoms with van der Waals surface area (Å²) < 4.78 is 18.2. The van der Waals surface area contributed by atoms with Crippen LogP contribution in [0.1, 0.15) is 0 Å². The van der Waals surface area contributed by atoms with E-state index >= 15 is 0 Å². The van der Waals surface area contributed by atoms with Crippen LogP contribution in [0.3, 0.4) is 0 Å². The number of ether oxygens (including phenoxy) is 1. The highest BCUT2D eigenvalue weighted by Gasteiger charge is 2.05. The van der Waals surface area contributed by atoms with Crippen molar-refractivity contribution in [1.29, 1.82) is 0 Å². The number of aromatic amines is 1. The molecule has 0 atom stereocenters. The van der Waals surface area contributed by atoms with Gasteiger partial charge in [-0.2, -0.15) is 0 Å². The summed E-state index contributed by atoms with van der Waals surface area (Å²) in [7, 11) is 0. The normalized spacial score (nSPS) is 10.5. The lowest BCUT2D eigenvalue weighted by Gasteiger charge is -2.07. The van der Waals surface area contributed by atoms with Gasteiger partial charge >= 0.3 is 0 Å². The van der Waals surface area contributed by atoms with Crippen molar-refractivity contribution in [3.63, 3.8) is 0 Å². The van der Waals surface area contributed by atoms with Gasteiger partial charge < -0.3 is 15.0 Å². The van der Waals surface area contributed by atoms with Crippen molar-refractivity contribution in [3.8, 4) is 5.75 Å². The number of fused-ring (bicyclic) bond motifs is 1. The van der Waals surface area contributed by atoms with E-state index in [9.17, 15) is 9.18 Å². The highest BCUT2D eigenvalue weighted by atomic mass is 19.1. The molecule has 0 aliphatic carbocycles. The first kappa shape index (κ1) is 13.2. The first-order chi connectivity index (χ1) is 10.2. The molecule has 106 valence electrons. The van der Waals surface area contributed by atoms with Gasteiger partial charge in [0.05, 0.1) is 0 Å². The fraction of sp³-hybridized carbons (Fsp3) is 0.0625. The van der Waals surface area contributed by atoms with E-state index in [4.69, 9.17) is 4.74 Å². The van der Waals surface area contributed by atoms with Gasteiger partial charge in [0.15, 0.2) is 6.61 Å². The SMILES string of the molecule is O=C(COc1ccc2[nH]ccc2c1)Nc1ccc(F)cc1. The molecule has 2 N–H and O–H groups in total. The number of hydrogen-bond acceptors (Lipinski definition) is 2. The average Bonchev–Trinajstić information content (AvgIpc) is 2.95. The Kier molecular flexibility index (Phi) is 3.55. The minimum absolute atomic E-state index is 0.104. The summed E-state index contributed by atoms with van der Waals surface area (Å²) in [6, 6.07) is 13.1. The van der Waals surface area contributed by atoms with Gasteiger partial charge in [-0.3, -0.25) is 4.79 Å². The van der Waals surface area contributed by atoms with Gasteiger partial charge in [-0.15, -0.1) is 0 Å². The molecule has 0 unspecified atom stereocenters. The number of hydrogen-bond donors (Lipinski definition) is 2. The molecule has 0 aliphatic rings. The first-order valence-corrected chi connectivity index (χ1v) is 6.46. The Morgan fingerprint density at radius 2 is 1.95 bits per heavy atom. The standard InChI is InChI=1S/C16H13FN2O2/c17-12-1-3-13(4-2-12)19-16(20)10-21-14-5-6-15-11(9-14)7-8-18-15/h1-9,18H,10H2,(H,19,20). The van der Waals surface area contributed by atoms with E-state index in [2.05, 4.69) is 10.3 Å². The van der Waals surface area contributed by atoms with E-state index in [0.717, 1.165) is 10.9 Å². The smallest absolute Gasteiger partial charge is 0.262 e. The van der Waals surface area contributed by atoms with Crippen LogP contribution in [0.5, 0.6) is 5.75 Å². The summed E-state index contributed by atoms with van der Waals surface area (Å²) >= 11 is 0. The summed E-state index contributed by atoms with van der Waals surface area (Å²) in [6.45, 7) is -0.104. The number of benzene rings is 2. The molecule has 4 nitrogen and oxygen atoms in total. The molecule has 1 amide bonds. The van der Waals surface area contributed by atoms with E-state index in [1.165, 1.54) is 24.3 Å². The molecule has 0 aliphatic heterocycles. The van der Waals surface area contributed by atoms with Gasteiger partial charge in [0, 0.05) is 22.8 Å². The lowest BCUT2D eigenvalue weighted by atomic mass is 10.2. The molecule has 3 rings (SSSR count). The molecule has 3 aromatic rings. The zero-order valence-electron chi connectivity index (χ0n) is 11.1. The minimum atomic E-state index is -0.343. The lowest BCUT2D eigenvalue weighted by Crippen LogP contribution is -2.20. The molecule has 21 heavy (non-hydrogen) atoms. The topological polar surface area (TPSA) is 54.1 Å². The predicted molar refractivity (Wildman–Crippen MR) is 78.8 cm³/mol. The van der Waals surface area contributed by atoms with Crippen molar-refractivity contribution >= 4 is 22.5 Å². The molecule has 0 fully saturated rings. The number of carbonyl (C=O) groups is 1. The summed E-state index contributed by atoms with van der Waals surface area (Å²) in [5.74, 6) is -0.0174. The molecule has 5 heteroatoms. The van der Waals surface area contributed by atoms with Crippen molar-refractivity contribution in [2.24, 2.45) is 0 Å². The molecule has 1 heterocycles. The van der Waals surface area contributed by atoms with Crippen LogP contribution >= 0.6 is 0 Å². The maximum atomic E-state index is 12.8. The Balaban J connectivity index is 1.58. The predicted octanol–water partition coefficient (Wildman–Crippen LogP) is 3.32. The van der Waals surface area contributed by atoms with Crippen molar-refractivity contribution in [2.75, 3.05) is 11.9 Å². The highest BCUT2D eigenvalue weighted by Crippen LogP contribution is 2.19. The van der Waals surface area contributed by atoms with Crippen LogP contribution < -0.4 is 10.1 Å². The monoisotopic (exact) mass is 284 g/mol. The van der Waals surface area contributed by atoms with Crippen molar-refractivity contribution in [2.45, 2.75) is 0 Å². The fourth-order valence-electron chi connectivity index (χ4n) is 2.00. The number of H-pyrrole nitrogens is 1. The van der Waals surface area contributed by atoms with Gasteiger partial charge in [-0.05, 0) is 48.5 Å². The third-order valence-electron chi connectivity index (χ3n) is 3.02. The van der Waals surface area contributed by atoms with Crippen LogP contribution in [-0.2, 0) is 4.79 Å². The summed E-state index contributed by atoms with van der Waals surface area (Å²) in [5.41, 5.74) is 1.55. The molecule has 1 aromatic heterocycles. The van der Waals surface area contributed by atoms with E-state index in [-0.39, 0.29) is 18.3 Å². The van der Waals surface area contributed by atoms with Crippen LogP contribution in [0.2, 0.25) is 0 Å². The van der Waals surface area contributed by atoms with Gasteiger partial charge in [0.2, 0.25) is 0 Å². The van der Waals surface area contributed by atoms with Gasteiger partial charge in [-0.1, -0.05) is 0 Å². The summed E-state index contributed by atoms with van der Waals surface area (Å²) in [6.07, 6.45) is 1.84. The maximum Gasteiger partial charge on any atom is 0.262 e. The van der Waals surface area contributed by atoms with E-state index in [0.29, 0.717) is 11.4 Å². The molecular weight excluding hydrogens is 271 g/mol. The summed E-state index contributed by atoms with van der Waals surface area (Å²) in [4.78, 5) is 14.8. The molecule has 0 spiro atoms. The molecule has 0 radical (unpaired) electrons. The number of amides is 1. The fourth-order valence-corrected chi connectivity index (χ4v) is 2.00. The van der Waals surface area contributed by atoms with Crippen LogP contribution in [0.15, 0.2) is 54.7 Å².